The summed E-state index contributed by atoms with van der Waals surface area (Å²) in [4.78, 5) is 10.6. The smallest absolute Gasteiger partial charge is 0.126 e. The third-order valence-electron chi connectivity index (χ3n) is 3.91. The van der Waals surface area contributed by atoms with E-state index < -0.39 is 0 Å². The van der Waals surface area contributed by atoms with Crippen molar-refractivity contribution in [3.05, 3.63) is 42.4 Å². The normalized spacial score (nSPS) is 20.2. The third-order valence-corrected chi connectivity index (χ3v) is 3.91. The summed E-state index contributed by atoms with van der Waals surface area (Å²) >= 11 is 0. The SMILES string of the molecule is CC(C)(C)CN1CCOC[C@H]1c1ncc(-c2ccccc2)[nH]1. The number of aromatic nitrogens is 2. The van der Waals surface area contributed by atoms with Crippen molar-refractivity contribution in [1.29, 1.82) is 0 Å². The van der Waals surface area contributed by atoms with E-state index in [1.807, 2.05) is 24.4 Å². The van der Waals surface area contributed by atoms with Gasteiger partial charge >= 0.3 is 0 Å². The van der Waals surface area contributed by atoms with Gasteiger partial charge in [-0.25, -0.2) is 4.98 Å². The first-order valence-electron chi connectivity index (χ1n) is 7.95. The van der Waals surface area contributed by atoms with Crippen molar-refractivity contribution in [2.45, 2.75) is 26.8 Å². The van der Waals surface area contributed by atoms with Crippen LogP contribution in [0.4, 0.5) is 0 Å². The minimum absolute atomic E-state index is 0.213. The van der Waals surface area contributed by atoms with E-state index in [0.29, 0.717) is 6.61 Å². The Morgan fingerprint density at radius 2 is 2.05 bits per heavy atom. The molecule has 0 spiro atoms. The first-order chi connectivity index (χ1) is 10.5. The standard InChI is InChI=1S/C18H25N3O/c1-18(2,3)13-21-9-10-22-12-16(21)17-19-11-15(20-17)14-7-5-4-6-8-14/h4-8,11,16H,9-10,12-13H2,1-3H3,(H,19,20)/t16-/m0/s1. The lowest BCUT2D eigenvalue weighted by Gasteiger charge is -2.38. The molecule has 1 aromatic heterocycles. The lowest BCUT2D eigenvalue weighted by Crippen LogP contribution is -2.44. The maximum atomic E-state index is 5.69. The Morgan fingerprint density at radius 3 is 2.77 bits per heavy atom. The number of nitrogens with zero attached hydrogens (tertiary/aromatic N) is 2. The lowest BCUT2D eigenvalue weighted by molar-refractivity contribution is -0.0246. The number of nitrogens with one attached hydrogen (secondary N) is 1. The lowest BCUT2D eigenvalue weighted by atomic mass is 9.95. The summed E-state index contributed by atoms with van der Waals surface area (Å²) in [7, 11) is 0. The molecular weight excluding hydrogens is 274 g/mol. The molecule has 4 heteroatoms. The van der Waals surface area contributed by atoms with Gasteiger partial charge in [0.2, 0.25) is 0 Å². The van der Waals surface area contributed by atoms with E-state index in [9.17, 15) is 0 Å². The number of morpholine rings is 1. The summed E-state index contributed by atoms with van der Waals surface area (Å²) in [6, 6.07) is 10.5. The Balaban J connectivity index is 1.81. The molecule has 2 heterocycles. The number of H-pyrrole nitrogens is 1. The Kier molecular flexibility index (Phi) is 4.32. The highest BCUT2D eigenvalue weighted by Crippen LogP contribution is 2.28. The zero-order chi connectivity index (χ0) is 15.6. The molecule has 3 rings (SSSR count). The predicted molar refractivity (Wildman–Crippen MR) is 88.6 cm³/mol. The Bertz CT molecular complexity index is 600. The summed E-state index contributed by atoms with van der Waals surface area (Å²) in [6.45, 7) is 10.3. The molecule has 1 fully saturated rings. The molecule has 1 saturated heterocycles. The van der Waals surface area contributed by atoms with Gasteiger partial charge in [0.25, 0.3) is 0 Å². The van der Waals surface area contributed by atoms with Crippen LogP contribution in [0.25, 0.3) is 11.3 Å². The number of ether oxygens (including phenoxy) is 1. The summed E-state index contributed by atoms with van der Waals surface area (Å²) in [5, 5.41) is 0. The van der Waals surface area contributed by atoms with Crippen LogP contribution >= 0.6 is 0 Å². The highest BCUT2D eigenvalue weighted by molar-refractivity contribution is 5.58. The molecule has 22 heavy (non-hydrogen) atoms. The summed E-state index contributed by atoms with van der Waals surface area (Å²) in [6.07, 6.45) is 1.93. The van der Waals surface area contributed by atoms with Crippen molar-refractivity contribution in [3.63, 3.8) is 0 Å². The second-order valence-electron chi connectivity index (χ2n) is 7.17. The number of rotatable bonds is 3. The van der Waals surface area contributed by atoms with E-state index in [2.05, 4.69) is 47.8 Å². The number of aromatic amines is 1. The zero-order valence-corrected chi connectivity index (χ0v) is 13.7. The van der Waals surface area contributed by atoms with E-state index >= 15 is 0 Å². The molecule has 1 aliphatic heterocycles. The molecule has 1 aliphatic rings. The average Bonchev–Trinajstić information content (AvgIpc) is 2.97. The topological polar surface area (TPSA) is 41.1 Å². The Morgan fingerprint density at radius 1 is 1.27 bits per heavy atom. The van der Waals surface area contributed by atoms with Gasteiger partial charge in [-0.3, -0.25) is 4.90 Å². The quantitative estimate of drug-likeness (QED) is 0.943. The predicted octanol–water partition coefficient (Wildman–Crippen LogP) is 3.50. The fourth-order valence-electron chi connectivity index (χ4n) is 2.96. The van der Waals surface area contributed by atoms with Crippen LogP contribution in [-0.2, 0) is 4.74 Å². The minimum Gasteiger partial charge on any atom is -0.378 e. The Labute approximate surface area is 132 Å². The fourth-order valence-corrected chi connectivity index (χ4v) is 2.96. The minimum atomic E-state index is 0.213. The number of imidazole rings is 1. The maximum Gasteiger partial charge on any atom is 0.126 e. The van der Waals surface area contributed by atoms with Crippen LogP contribution in [0.1, 0.15) is 32.6 Å². The van der Waals surface area contributed by atoms with E-state index in [4.69, 9.17) is 4.74 Å². The van der Waals surface area contributed by atoms with Crippen molar-refractivity contribution in [2.24, 2.45) is 5.41 Å². The maximum absolute atomic E-state index is 5.69. The average molecular weight is 299 g/mol. The summed E-state index contributed by atoms with van der Waals surface area (Å²) < 4.78 is 5.69. The van der Waals surface area contributed by atoms with Crippen molar-refractivity contribution in [2.75, 3.05) is 26.3 Å². The van der Waals surface area contributed by atoms with Crippen molar-refractivity contribution in [1.82, 2.24) is 14.9 Å². The van der Waals surface area contributed by atoms with E-state index in [1.165, 1.54) is 5.56 Å². The van der Waals surface area contributed by atoms with Crippen LogP contribution in [0.15, 0.2) is 36.5 Å². The first-order valence-corrected chi connectivity index (χ1v) is 7.95. The van der Waals surface area contributed by atoms with Gasteiger partial charge in [-0.15, -0.1) is 0 Å². The van der Waals surface area contributed by atoms with Gasteiger partial charge in [-0.1, -0.05) is 51.1 Å². The molecule has 1 aromatic carbocycles. The molecule has 0 amide bonds. The van der Waals surface area contributed by atoms with Gasteiger partial charge in [0.15, 0.2) is 0 Å². The van der Waals surface area contributed by atoms with Gasteiger partial charge in [-0.2, -0.15) is 0 Å². The zero-order valence-electron chi connectivity index (χ0n) is 13.7. The summed E-state index contributed by atoms with van der Waals surface area (Å²) in [5.74, 6) is 1.00. The molecule has 4 nitrogen and oxygen atoms in total. The molecule has 118 valence electrons. The number of benzene rings is 1. The number of hydrogen-bond donors (Lipinski definition) is 1. The van der Waals surface area contributed by atoms with Crippen molar-refractivity contribution in [3.8, 4) is 11.3 Å². The van der Waals surface area contributed by atoms with Crippen LogP contribution in [-0.4, -0.2) is 41.2 Å². The van der Waals surface area contributed by atoms with Gasteiger partial charge in [-0.05, 0) is 11.0 Å². The van der Waals surface area contributed by atoms with Crippen LogP contribution in [0.5, 0.6) is 0 Å². The molecule has 0 radical (unpaired) electrons. The molecule has 0 saturated carbocycles. The molecule has 0 aliphatic carbocycles. The van der Waals surface area contributed by atoms with Gasteiger partial charge in [0, 0.05) is 13.1 Å². The van der Waals surface area contributed by atoms with E-state index in [-0.39, 0.29) is 11.5 Å². The van der Waals surface area contributed by atoms with Gasteiger partial charge < -0.3 is 9.72 Å². The van der Waals surface area contributed by atoms with Crippen molar-refractivity contribution < 1.29 is 4.74 Å². The van der Waals surface area contributed by atoms with E-state index in [1.54, 1.807) is 0 Å². The van der Waals surface area contributed by atoms with Gasteiger partial charge in [0.1, 0.15) is 5.82 Å². The molecule has 0 unspecified atom stereocenters. The van der Waals surface area contributed by atoms with E-state index in [0.717, 1.165) is 31.2 Å². The molecular formula is C18H25N3O. The molecule has 2 aromatic rings. The number of hydrogen-bond acceptors (Lipinski definition) is 3. The van der Waals surface area contributed by atoms with Crippen LogP contribution in [0.2, 0.25) is 0 Å². The van der Waals surface area contributed by atoms with Crippen LogP contribution in [0, 0.1) is 5.41 Å². The van der Waals surface area contributed by atoms with Crippen LogP contribution in [0.3, 0.4) is 0 Å². The second-order valence-corrected chi connectivity index (χ2v) is 7.17. The van der Waals surface area contributed by atoms with Crippen molar-refractivity contribution >= 4 is 0 Å². The molecule has 1 atom stereocenters. The molecule has 0 bridgehead atoms. The highest BCUT2D eigenvalue weighted by Gasteiger charge is 2.29. The third kappa shape index (κ3) is 3.57. The highest BCUT2D eigenvalue weighted by atomic mass is 16.5. The largest absolute Gasteiger partial charge is 0.378 e. The molecule has 1 N–H and O–H groups in total. The Hall–Kier alpha value is -1.65. The second kappa shape index (κ2) is 6.23. The van der Waals surface area contributed by atoms with Gasteiger partial charge in [0.05, 0.1) is 31.1 Å². The fraction of sp³-hybridized carbons (Fsp3) is 0.500. The first kappa shape index (κ1) is 15.3. The summed E-state index contributed by atoms with van der Waals surface area (Å²) in [5.41, 5.74) is 2.50. The van der Waals surface area contributed by atoms with Crippen LogP contribution < -0.4 is 0 Å². The monoisotopic (exact) mass is 299 g/mol.